The summed E-state index contributed by atoms with van der Waals surface area (Å²) in [5.74, 6) is 0.512. The van der Waals surface area contributed by atoms with Gasteiger partial charge in [0.15, 0.2) is 5.69 Å². The zero-order valence-electron chi connectivity index (χ0n) is 19.3. The van der Waals surface area contributed by atoms with Gasteiger partial charge in [-0.25, -0.2) is 0 Å². The summed E-state index contributed by atoms with van der Waals surface area (Å²) in [5, 5.41) is 11.1. The van der Waals surface area contributed by atoms with Gasteiger partial charge in [-0.05, 0) is 41.5 Å². The number of rotatable bonds is 6. The number of amides is 1. The fourth-order valence-electron chi connectivity index (χ4n) is 5.30. The maximum atomic E-state index is 13.5. The van der Waals surface area contributed by atoms with Gasteiger partial charge in [0.25, 0.3) is 5.91 Å². The fourth-order valence-corrected chi connectivity index (χ4v) is 5.30. The fraction of sp³-hybridized carbons (Fsp3) is 0.333. The number of nitrogens with one attached hydrogen (secondary N) is 1. The Hall–Kier alpha value is -3.42. The monoisotopic (exact) mass is 456 g/mol. The molecule has 2 heterocycles. The largest absolute Gasteiger partial charge is 0.494 e. The number of hydrogen-bond acceptors (Lipinski definition) is 5. The molecule has 1 fully saturated rings. The van der Waals surface area contributed by atoms with Crippen LogP contribution in [0.4, 0.5) is 5.69 Å². The van der Waals surface area contributed by atoms with Gasteiger partial charge in [-0.2, -0.15) is 5.10 Å². The van der Waals surface area contributed by atoms with Crippen LogP contribution in [-0.4, -0.2) is 60.5 Å². The molecule has 1 amide bonds. The number of hydrogen-bond donors (Lipinski definition) is 1. The van der Waals surface area contributed by atoms with Crippen LogP contribution in [0.15, 0.2) is 48.5 Å². The number of aryl methyl sites for hydroxylation is 2. The Morgan fingerprint density at radius 1 is 1.00 bits per heavy atom. The standard InChI is InChI=1S/C27H28N4O3/c1-33-23-7-3-6-21-25(29-31(26(21)23)13-12-30-14-16-34-17-15-30)27(32)28-22-11-10-19-9-8-18-4-2-5-20(22)24(18)19/h2-7,10-11H,8-9,12-17H2,1H3,(H,28,32). The topological polar surface area (TPSA) is 68.6 Å². The van der Waals surface area contributed by atoms with E-state index in [-0.39, 0.29) is 5.91 Å². The molecule has 7 heteroatoms. The van der Waals surface area contributed by atoms with Gasteiger partial charge in [0, 0.05) is 36.1 Å². The van der Waals surface area contributed by atoms with Gasteiger partial charge in [-0.15, -0.1) is 0 Å². The Kier molecular flexibility index (Phi) is 5.43. The maximum absolute atomic E-state index is 13.5. The third kappa shape index (κ3) is 3.61. The predicted molar refractivity (Wildman–Crippen MR) is 133 cm³/mol. The molecule has 34 heavy (non-hydrogen) atoms. The van der Waals surface area contributed by atoms with Gasteiger partial charge >= 0.3 is 0 Å². The summed E-state index contributed by atoms with van der Waals surface area (Å²) in [7, 11) is 1.65. The lowest BCUT2D eigenvalue weighted by Crippen LogP contribution is -2.38. The Balaban J connectivity index is 1.35. The number of methoxy groups -OCH3 is 1. The van der Waals surface area contributed by atoms with Crippen LogP contribution in [0.2, 0.25) is 0 Å². The van der Waals surface area contributed by atoms with E-state index >= 15 is 0 Å². The zero-order chi connectivity index (χ0) is 23.1. The first-order chi connectivity index (χ1) is 16.7. The van der Waals surface area contributed by atoms with Crippen LogP contribution in [0.3, 0.4) is 0 Å². The van der Waals surface area contributed by atoms with Crippen molar-refractivity contribution in [3.63, 3.8) is 0 Å². The molecular formula is C27H28N4O3. The van der Waals surface area contributed by atoms with Crippen molar-refractivity contribution in [2.45, 2.75) is 19.4 Å². The highest BCUT2D eigenvalue weighted by Gasteiger charge is 2.22. The van der Waals surface area contributed by atoms with E-state index in [4.69, 9.17) is 14.6 Å². The summed E-state index contributed by atoms with van der Waals surface area (Å²) >= 11 is 0. The molecule has 1 aliphatic heterocycles. The molecule has 7 nitrogen and oxygen atoms in total. The lowest BCUT2D eigenvalue weighted by Gasteiger charge is -2.26. The number of carbonyl (C=O) groups is 1. The minimum atomic E-state index is -0.206. The van der Waals surface area contributed by atoms with E-state index in [2.05, 4.69) is 34.5 Å². The van der Waals surface area contributed by atoms with Crippen molar-refractivity contribution in [3.8, 4) is 5.75 Å². The minimum absolute atomic E-state index is 0.206. The number of nitrogens with zero attached hydrogens (tertiary/aromatic N) is 3. The lowest BCUT2D eigenvalue weighted by atomic mass is 10.0. The molecule has 3 aromatic carbocycles. The highest BCUT2D eigenvalue weighted by atomic mass is 16.5. The zero-order valence-corrected chi connectivity index (χ0v) is 19.3. The molecule has 1 aliphatic carbocycles. The van der Waals surface area contributed by atoms with Gasteiger partial charge in [-0.1, -0.05) is 36.4 Å². The molecule has 0 radical (unpaired) electrons. The number of aromatic nitrogens is 2. The predicted octanol–water partition coefficient (Wildman–Crippen LogP) is 3.88. The molecule has 4 aromatic rings. The molecule has 0 bridgehead atoms. The van der Waals surface area contributed by atoms with E-state index in [1.165, 1.54) is 16.5 Å². The molecule has 0 saturated carbocycles. The lowest BCUT2D eigenvalue weighted by molar-refractivity contribution is 0.0361. The van der Waals surface area contributed by atoms with E-state index in [0.717, 1.165) is 73.4 Å². The Morgan fingerprint density at radius 2 is 1.76 bits per heavy atom. The minimum Gasteiger partial charge on any atom is -0.494 e. The first-order valence-electron chi connectivity index (χ1n) is 11.9. The Bertz CT molecular complexity index is 1380. The molecule has 0 spiro atoms. The van der Waals surface area contributed by atoms with Crippen LogP contribution in [0.25, 0.3) is 21.7 Å². The third-order valence-electron chi connectivity index (χ3n) is 7.02. The molecule has 6 rings (SSSR count). The molecule has 2 aliphatic rings. The molecule has 0 unspecified atom stereocenters. The van der Waals surface area contributed by atoms with Gasteiger partial charge in [0.05, 0.1) is 26.9 Å². The Morgan fingerprint density at radius 3 is 2.59 bits per heavy atom. The number of ether oxygens (including phenoxy) is 2. The van der Waals surface area contributed by atoms with Crippen LogP contribution in [0.1, 0.15) is 21.6 Å². The van der Waals surface area contributed by atoms with E-state index in [1.54, 1.807) is 7.11 Å². The van der Waals surface area contributed by atoms with Crippen molar-refractivity contribution in [3.05, 3.63) is 65.4 Å². The maximum Gasteiger partial charge on any atom is 0.276 e. The normalized spacial score (nSPS) is 15.8. The number of benzene rings is 3. The van der Waals surface area contributed by atoms with Crippen molar-refractivity contribution < 1.29 is 14.3 Å². The second-order valence-corrected chi connectivity index (χ2v) is 8.95. The Labute approximate surface area is 198 Å². The molecule has 1 saturated heterocycles. The summed E-state index contributed by atoms with van der Waals surface area (Å²) in [4.78, 5) is 15.9. The van der Waals surface area contributed by atoms with E-state index in [0.29, 0.717) is 12.2 Å². The summed E-state index contributed by atoms with van der Waals surface area (Å²) < 4.78 is 13.0. The van der Waals surface area contributed by atoms with Crippen molar-refractivity contribution in [1.82, 2.24) is 14.7 Å². The van der Waals surface area contributed by atoms with E-state index in [1.807, 2.05) is 28.9 Å². The number of morpholine rings is 1. The summed E-state index contributed by atoms with van der Waals surface area (Å²) in [6.07, 6.45) is 2.12. The molecule has 0 atom stereocenters. The van der Waals surface area contributed by atoms with Crippen molar-refractivity contribution in [1.29, 1.82) is 0 Å². The highest BCUT2D eigenvalue weighted by molar-refractivity contribution is 6.15. The van der Waals surface area contributed by atoms with E-state index < -0.39 is 0 Å². The van der Waals surface area contributed by atoms with Crippen LogP contribution in [-0.2, 0) is 24.1 Å². The molecular weight excluding hydrogens is 428 g/mol. The third-order valence-corrected chi connectivity index (χ3v) is 7.02. The highest BCUT2D eigenvalue weighted by Crippen LogP contribution is 2.35. The number of carbonyl (C=O) groups excluding carboxylic acids is 1. The first kappa shape index (κ1) is 21.1. The number of anilines is 1. The van der Waals surface area contributed by atoms with Crippen LogP contribution >= 0.6 is 0 Å². The van der Waals surface area contributed by atoms with Crippen molar-refractivity contribution in [2.24, 2.45) is 0 Å². The van der Waals surface area contributed by atoms with E-state index in [9.17, 15) is 4.79 Å². The van der Waals surface area contributed by atoms with Crippen LogP contribution in [0, 0.1) is 0 Å². The summed E-state index contributed by atoms with van der Waals surface area (Å²) in [6, 6.07) is 16.3. The SMILES string of the molecule is COc1cccc2c(C(=O)Nc3ccc4c5c(cccc35)CC4)nn(CCN3CCOCC3)c12. The molecule has 1 N–H and O–H groups in total. The molecule has 174 valence electrons. The van der Waals surface area contributed by atoms with Crippen molar-refractivity contribution in [2.75, 3.05) is 45.3 Å². The van der Waals surface area contributed by atoms with Gasteiger partial charge < -0.3 is 14.8 Å². The van der Waals surface area contributed by atoms with Crippen LogP contribution < -0.4 is 10.1 Å². The number of para-hydroxylation sites is 1. The second-order valence-electron chi connectivity index (χ2n) is 8.95. The summed E-state index contributed by atoms with van der Waals surface area (Å²) in [5.41, 5.74) is 4.80. The van der Waals surface area contributed by atoms with Gasteiger partial charge in [-0.3, -0.25) is 14.4 Å². The second kappa shape index (κ2) is 8.74. The van der Waals surface area contributed by atoms with Gasteiger partial charge in [0.1, 0.15) is 11.3 Å². The van der Waals surface area contributed by atoms with Gasteiger partial charge in [0.2, 0.25) is 0 Å². The average molecular weight is 457 g/mol. The van der Waals surface area contributed by atoms with Crippen molar-refractivity contribution >= 4 is 33.3 Å². The first-order valence-corrected chi connectivity index (χ1v) is 11.9. The van der Waals surface area contributed by atoms with Crippen LogP contribution in [0.5, 0.6) is 5.75 Å². The molecule has 1 aromatic heterocycles. The smallest absolute Gasteiger partial charge is 0.276 e. The number of fused-ring (bicyclic) bond motifs is 1. The quantitative estimate of drug-likeness (QED) is 0.477. The summed E-state index contributed by atoms with van der Waals surface area (Å²) in [6.45, 7) is 4.85. The average Bonchev–Trinajstić information content (AvgIpc) is 3.48.